The summed E-state index contributed by atoms with van der Waals surface area (Å²) < 4.78 is 11.9. The Labute approximate surface area is 202 Å². The topological polar surface area (TPSA) is 35.5 Å². The Balaban J connectivity index is 1.80. The van der Waals surface area contributed by atoms with Crippen molar-refractivity contribution in [1.29, 1.82) is 0 Å². The maximum Gasteiger partial charge on any atom is 0.330 e. The number of carbonyl (C=O) groups is 1. The van der Waals surface area contributed by atoms with Gasteiger partial charge in [0.15, 0.2) is 0 Å². The number of hydrogen-bond donors (Lipinski definition) is 0. The molecule has 5 heteroatoms. The van der Waals surface area contributed by atoms with Gasteiger partial charge in [-0.25, -0.2) is 4.79 Å². The van der Waals surface area contributed by atoms with Gasteiger partial charge < -0.3 is 9.47 Å². The minimum absolute atomic E-state index is 0.0441. The Bertz CT molecular complexity index is 798. The molecule has 0 radical (unpaired) electrons. The highest BCUT2D eigenvalue weighted by atomic mass is 32.2. The number of benzene rings is 1. The van der Waals surface area contributed by atoms with Crippen molar-refractivity contribution in [3.8, 4) is 0 Å². The maximum absolute atomic E-state index is 12.2. The van der Waals surface area contributed by atoms with Gasteiger partial charge in [-0.1, -0.05) is 61.4 Å². The molecule has 3 rings (SSSR count). The summed E-state index contributed by atoms with van der Waals surface area (Å²) in [7, 11) is 0. The summed E-state index contributed by atoms with van der Waals surface area (Å²) in [6.45, 7) is 10.7. The van der Waals surface area contributed by atoms with E-state index in [1.165, 1.54) is 34.6 Å². The normalized spacial score (nSPS) is 28.2. The average molecular weight is 475 g/mol. The highest BCUT2D eigenvalue weighted by molar-refractivity contribution is 8.20. The van der Waals surface area contributed by atoms with Gasteiger partial charge in [-0.15, -0.1) is 23.5 Å². The van der Waals surface area contributed by atoms with Crippen LogP contribution in [-0.4, -0.2) is 35.3 Å². The van der Waals surface area contributed by atoms with Gasteiger partial charge in [-0.3, -0.25) is 0 Å². The van der Waals surface area contributed by atoms with Crippen LogP contribution in [0.1, 0.15) is 52.5 Å². The van der Waals surface area contributed by atoms with E-state index in [2.05, 4.69) is 74.6 Å². The molecular weight excluding hydrogens is 436 g/mol. The van der Waals surface area contributed by atoms with Gasteiger partial charge in [0.2, 0.25) is 0 Å². The fourth-order valence-electron chi connectivity index (χ4n) is 4.92. The van der Waals surface area contributed by atoms with E-state index in [4.69, 9.17) is 9.47 Å². The van der Waals surface area contributed by atoms with Crippen LogP contribution in [0, 0.1) is 17.3 Å². The lowest BCUT2D eigenvalue weighted by Gasteiger charge is -2.48. The average Bonchev–Trinajstić information content (AvgIpc) is 3.33. The molecule has 32 heavy (non-hydrogen) atoms. The van der Waals surface area contributed by atoms with Gasteiger partial charge in [0.1, 0.15) is 0 Å². The fourth-order valence-corrected chi connectivity index (χ4v) is 7.89. The molecule has 1 aromatic rings. The predicted molar refractivity (Wildman–Crippen MR) is 138 cm³/mol. The van der Waals surface area contributed by atoms with E-state index in [-0.39, 0.29) is 17.3 Å². The first-order valence-electron chi connectivity index (χ1n) is 11.8. The zero-order valence-electron chi connectivity index (χ0n) is 20.0. The van der Waals surface area contributed by atoms with Gasteiger partial charge in [0.25, 0.3) is 0 Å². The summed E-state index contributed by atoms with van der Waals surface area (Å²) in [6.07, 6.45) is 7.07. The highest BCUT2D eigenvalue weighted by Crippen LogP contribution is 2.53. The Morgan fingerprint density at radius 3 is 2.62 bits per heavy atom. The number of allylic oxidation sites excluding steroid dienone is 2. The Morgan fingerprint density at radius 2 is 1.94 bits per heavy atom. The van der Waals surface area contributed by atoms with E-state index in [9.17, 15) is 4.79 Å². The van der Waals surface area contributed by atoms with E-state index in [0.29, 0.717) is 23.7 Å². The first-order valence-corrected chi connectivity index (χ1v) is 13.9. The van der Waals surface area contributed by atoms with Crippen LogP contribution in [0.5, 0.6) is 0 Å². The molecule has 0 aromatic heterocycles. The van der Waals surface area contributed by atoms with E-state index < -0.39 is 0 Å². The molecule has 0 unspecified atom stereocenters. The summed E-state index contributed by atoms with van der Waals surface area (Å²) in [5.74, 6) is 3.00. The first-order chi connectivity index (χ1) is 15.5. The second-order valence-corrected chi connectivity index (χ2v) is 11.8. The van der Waals surface area contributed by atoms with E-state index in [1.54, 1.807) is 6.08 Å². The van der Waals surface area contributed by atoms with Crippen LogP contribution in [0.4, 0.5) is 0 Å². The van der Waals surface area contributed by atoms with Gasteiger partial charge in [-0.05, 0) is 50.0 Å². The van der Waals surface area contributed by atoms with Crippen molar-refractivity contribution in [2.24, 2.45) is 17.3 Å². The van der Waals surface area contributed by atoms with E-state index in [0.717, 1.165) is 19.4 Å². The Hall–Kier alpha value is -1.17. The summed E-state index contributed by atoms with van der Waals surface area (Å²) in [6, 6.07) is 10.4. The third-order valence-corrected chi connectivity index (χ3v) is 10.4. The number of esters is 1. The molecule has 3 nitrogen and oxygen atoms in total. The monoisotopic (exact) mass is 474 g/mol. The molecule has 3 atom stereocenters. The minimum Gasteiger partial charge on any atom is -0.463 e. The highest BCUT2D eigenvalue weighted by Gasteiger charge is 2.43. The summed E-state index contributed by atoms with van der Waals surface area (Å²) >= 11 is 4.13. The van der Waals surface area contributed by atoms with E-state index >= 15 is 0 Å². The molecular formula is C27H38O3S2. The van der Waals surface area contributed by atoms with Crippen molar-refractivity contribution in [2.75, 3.05) is 24.7 Å². The number of rotatable bonds is 9. The molecule has 176 valence electrons. The summed E-state index contributed by atoms with van der Waals surface area (Å²) in [5, 5.41) is 0. The summed E-state index contributed by atoms with van der Waals surface area (Å²) in [4.78, 5) is 12.2. The van der Waals surface area contributed by atoms with Crippen LogP contribution in [0.2, 0.25) is 0 Å². The van der Waals surface area contributed by atoms with Gasteiger partial charge >= 0.3 is 5.97 Å². The largest absolute Gasteiger partial charge is 0.463 e. The lowest BCUT2D eigenvalue weighted by Crippen LogP contribution is -2.40. The molecule has 0 N–H and O–H groups in total. The van der Waals surface area contributed by atoms with Crippen LogP contribution in [0.25, 0.3) is 0 Å². The Morgan fingerprint density at radius 1 is 1.22 bits per heavy atom. The van der Waals surface area contributed by atoms with Crippen LogP contribution in [0.15, 0.2) is 53.6 Å². The molecule has 0 bridgehead atoms. The molecule has 1 aliphatic carbocycles. The third kappa shape index (κ3) is 6.45. The van der Waals surface area contributed by atoms with Crippen molar-refractivity contribution >= 4 is 29.5 Å². The van der Waals surface area contributed by atoms with Crippen LogP contribution >= 0.6 is 23.5 Å². The van der Waals surface area contributed by atoms with Gasteiger partial charge in [0, 0.05) is 30.1 Å². The standard InChI is InChI=1S/C27H38O3S2/c1-5-30-25(28)14-13-24-23(21(3)26-31-17-18-32-26)12-11-20(2)27(24,4)15-16-29-19-22-9-7-6-8-10-22/h6-10,13-14,20,24,26H,5,11-12,15-19H2,1-4H3/b14-13+,23-21-/t20-,24+,27-/m1/s1. The molecule has 1 saturated carbocycles. The van der Waals surface area contributed by atoms with Crippen molar-refractivity contribution in [3.63, 3.8) is 0 Å². The lowest BCUT2D eigenvalue weighted by atomic mass is 9.58. The smallest absolute Gasteiger partial charge is 0.330 e. The lowest BCUT2D eigenvalue weighted by molar-refractivity contribution is -0.137. The Kier molecular flexibility index (Phi) is 9.81. The zero-order valence-corrected chi connectivity index (χ0v) is 21.6. The molecule has 2 fully saturated rings. The van der Waals surface area contributed by atoms with Crippen molar-refractivity contribution in [3.05, 3.63) is 59.2 Å². The SMILES string of the molecule is CCOC(=O)/C=C/[C@H]1/C(=C(/C)C2SCCS2)CC[C@@H](C)[C@@]1(C)CCOCc1ccccc1. The van der Waals surface area contributed by atoms with Crippen LogP contribution in [0.3, 0.4) is 0 Å². The molecule has 1 aliphatic heterocycles. The van der Waals surface area contributed by atoms with Crippen molar-refractivity contribution in [2.45, 2.75) is 58.1 Å². The quantitative estimate of drug-likeness (QED) is 0.169. The van der Waals surface area contributed by atoms with Gasteiger partial charge in [-0.2, -0.15) is 0 Å². The van der Waals surface area contributed by atoms with Crippen molar-refractivity contribution < 1.29 is 14.3 Å². The number of carbonyl (C=O) groups excluding carboxylic acids is 1. The second-order valence-electron chi connectivity index (χ2n) is 9.10. The molecule has 1 aromatic carbocycles. The predicted octanol–water partition coefficient (Wildman–Crippen LogP) is 6.89. The minimum atomic E-state index is -0.241. The van der Waals surface area contributed by atoms with E-state index in [1.807, 2.05) is 13.0 Å². The maximum atomic E-state index is 12.2. The van der Waals surface area contributed by atoms with Crippen LogP contribution < -0.4 is 0 Å². The number of ether oxygens (including phenoxy) is 2. The third-order valence-electron chi connectivity index (χ3n) is 7.15. The summed E-state index contributed by atoms with van der Waals surface area (Å²) in [5.41, 5.74) is 4.29. The zero-order chi connectivity index (χ0) is 23.0. The van der Waals surface area contributed by atoms with Crippen LogP contribution in [-0.2, 0) is 20.9 Å². The first kappa shape index (κ1) is 25.5. The molecule has 0 amide bonds. The molecule has 1 saturated heterocycles. The fraction of sp³-hybridized carbons (Fsp3) is 0.593. The molecule has 0 spiro atoms. The molecule has 1 heterocycles. The second kappa shape index (κ2) is 12.3. The number of thioether (sulfide) groups is 2. The number of hydrogen-bond acceptors (Lipinski definition) is 5. The molecule has 2 aliphatic rings. The van der Waals surface area contributed by atoms with Crippen molar-refractivity contribution in [1.82, 2.24) is 0 Å². The van der Waals surface area contributed by atoms with Gasteiger partial charge in [0.05, 0.1) is 17.8 Å².